The quantitative estimate of drug-likeness (QED) is 0.330. The zero-order chi connectivity index (χ0) is 25.1. The van der Waals surface area contributed by atoms with E-state index in [2.05, 4.69) is 27.1 Å². The number of thiophene rings is 1. The summed E-state index contributed by atoms with van der Waals surface area (Å²) in [6.07, 6.45) is 12.7. The van der Waals surface area contributed by atoms with Gasteiger partial charge in [0, 0.05) is 35.8 Å². The normalized spacial score (nSPS) is 16.7. The van der Waals surface area contributed by atoms with Gasteiger partial charge in [0.1, 0.15) is 17.0 Å². The van der Waals surface area contributed by atoms with Gasteiger partial charge in [0.05, 0.1) is 22.0 Å². The van der Waals surface area contributed by atoms with Crippen LogP contribution in [0, 0.1) is 0 Å². The molecule has 1 fully saturated rings. The van der Waals surface area contributed by atoms with E-state index >= 15 is 0 Å². The smallest absolute Gasteiger partial charge is 0.246 e. The van der Waals surface area contributed by atoms with Crippen LogP contribution in [0.1, 0.15) is 49.5 Å². The van der Waals surface area contributed by atoms with Gasteiger partial charge in [-0.2, -0.15) is 0 Å². The monoisotopic (exact) mass is 543 g/mol. The third kappa shape index (κ3) is 5.54. The fourth-order valence-electron chi connectivity index (χ4n) is 5.30. The van der Waals surface area contributed by atoms with Crippen LogP contribution < -0.4 is 5.32 Å². The van der Waals surface area contributed by atoms with Crippen LogP contribution in [0.2, 0.25) is 10.0 Å². The lowest BCUT2D eigenvalue weighted by Crippen LogP contribution is -2.37. The number of aromatic nitrogens is 2. The molecule has 2 aromatic heterocycles. The summed E-state index contributed by atoms with van der Waals surface area (Å²) in [6, 6.07) is 6.09. The Labute approximate surface area is 226 Å². The van der Waals surface area contributed by atoms with Crippen molar-refractivity contribution in [1.29, 1.82) is 0 Å². The maximum absolute atomic E-state index is 13.0. The molecule has 1 amide bonds. The van der Waals surface area contributed by atoms with E-state index in [0.29, 0.717) is 29.2 Å². The van der Waals surface area contributed by atoms with Crippen LogP contribution in [0.15, 0.2) is 36.7 Å². The van der Waals surface area contributed by atoms with Gasteiger partial charge in [-0.3, -0.25) is 9.69 Å². The lowest BCUT2D eigenvalue weighted by molar-refractivity contribution is -0.126. The van der Waals surface area contributed by atoms with E-state index in [4.69, 9.17) is 23.2 Å². The summed E-state index contributed by atoms with van der Waals surface area (Å²) >= 11 is 13.9. The highest BCUT2D eigenvalue weighted by atomic mass is 35.5. The number of nitrogens with one attached hydrogen (secondary N) is 1. The van der Waals surface area contributed by atoms with Crippen LogP contribution in [0.4, 0.5) is 11.5 Å². The molecule has 0 bridgehead atoms. The molecule has 0 saturated heterocycles. The van der Waals surface area contributed by atoms with E-state index in [1.165, 1.54) is 42.5 Å². The first-order chi connectivity index (χ1) is 17.5. The van der Waals surface area contributed by atoms with Gasteiger partial charge < -0.3 is 10.2 Å². The minimum atomic E-state index is 0.0815. The minimum absolute atomic E-state index is 0.0815. The van der Waals surface area contributed by atoms with Crippen molar-refractivity contribution in [2.75, 3.05) is 25.0 Å². The van der Waals surface area contributed by atoms with E-state index in [1.807, 2.05) is 17.0 Å². The predicted octanol–water partition coefficient (Wildman–Crippen LogP) is 6.84. The van der Waals surface area contributed by atoms with Crippen LogP contribution in [-0.4, -0.2) is 51.4 Å². The van der Waals surface area contributed by atoms with Crippen LogP contribution >= 0.6 is 34.5 Å². The maximum atomic E-state index is 13.0. The molecule has 2 aliphatic rings. The van der Waals surface area contributed by atoms with Crippen molar-refractivity contribution >= 4 is 62.2 Å². The van der Waals surface area contributed by atoms with Gasteiger partial charge in [-0.05, 0) is 49.6 Å². The number of anilines is 2. The fourth-order valence-corrected chi connectivity index (χ4v) is 6.80. The number of hydrogen-bond acceptors (Lipinski definition) is 6. The zero-order valence-corrected chi connectivity index (χ0v) is 22.8. The summed E-state index contributed by atoms with van der Waals surface area (Å²) in [5, 5.41) is 5.40. The first kappa shape index (κ1) is 25.5. The molecular weight excluding hydrogens is 513 g/mol. The molecule has 36 heavy (non-hydrogen) atoms. The second-order valence-corrected chi connectivity index (χ2v) is 11.3. The first-order valence-corrected chi connectivity index (χ1v) is 14.3. The number of hydrogen-bond donors (Lipinski definition) is 1. The highest BCUT2D eigenvalue weighted by Gasteiger charge is 2.26. The zero-order valence-electron chi connectivity index (χ0n) is 20.5. The summed E-state index contributed by atoms with van der Waals surface area (Å²) in [7, 11) is 0. The second-order valence-electron chi connectivity index (χ2n) is 9.45. The van der Waals surface area contributed by atoms with Gasteiger partial charge >= 0.3 is 0 Å². The molecule has 1 aliphatic carbocycles. The topological polar surface area (TPSA) is 61.4 Å². The third-order valence-corrected chi connectivity index (χ3v) is 9.09. The number of halogens is 2. The lowest BCUT2D eigenvalue weighted by atomic mass is 9.94. The Morgan fingerprint density at radius 1 is 1.22 bits per heavy atom. The van der Waals surface area contributed by atoms with Crippen LogP contribution in [0.3, 0.4) is 0 Å². The van der Waals surface area contributed by atoms with Crippen LogP contribution in [-0.2, 0) is 17.8 Å². The average Bonchev–Trinajstić information content (AvgIpc) is 3.28. The fraction of sp³-hybridized carbons (Fsp3) is 0.444. The molecule has 3 aromatic rings. The van der Waals surface area contributed by atoms with Crippen molar-refractivity contribution in [3.05, 3.63) is 57.2 Å². The summed E-state index contributed by atoms with van der Waals surface area (Å²) in [5.41, 5.74) is 2.04. The Morgan fingerprint density at radius 2 is 2.06 bits per heavy atom. The standard InChI is InChI=1S/C27H31Cl2N5OS/c1-2-33(19-7-4-3-5-8-19)13-6-9-24(35)34-14-12-20-23(16-34)36-27-25(20)26(30-17-31-27)32-18-10-11-21(28)22(29)15-18/h6,9-11,15,17,19H,2-5,7-8,12-14,16H2,1H3,(H,30,31,32). The molecule has 0 radical (unpaired) electrons. The molecule has 9 heteroatoms. The number of carbonyl (C=O) groups is 1. The molecule has 1 aliphatic heterocycles. The molecule has 0 atom stereocenters. The summed E-state index contributed by atoms with van der Waals surface area (Å²) in [6.45, 7) is 5.37. The van der Waals surface area contributed by atoms with Crippen LogP contribution in [0.5, 0.6) is 0 Å². The molecule has 1 N–H and O–H groups in total. The number of benzene rings is 1. The SMILES string of the molecule is CCN(CC=CC(=O)N1CCc2c(sc3ncnc(Nc4ccc(Cl)c(Cl)c4)c23)C1)C1CCCCC1. The molecule has 3 heterocycles. The number of amides is 1. The van der Waals surface area contributed by atoms with Crippen molar-refractivity contribution in [3.63, 3.8) is 0 Å². The highest BCUT2D eigenvalue weighted by Crippen LogP contribution is 2.38. The van der Waals surface area contributed by atoms with Crippen molar-refractivity contribution in [2.45, 2.75) is 58.0 Å². The van der Waals surface area contributed by atoms with Crippen molar-refractivity contribution < 1.29 is 4.79 Å². The van der Waals surface area contributed by atoms with Crippen molar-refractivity contribution in [2.24, 2.45) is 0 Å². The predicted molar refractivity (Wildman–Crippen MR) is 150 cm³/mol. The van der Waals surface area contributed by atoms with Gasteiger partial charge in [-0.15, -0.1) is 11.3 Å². The van der Waals surface area contributed by atoms with Gasteiger partial charge in [0.15, 0.2) is 0 Å². The van der Waals surface area contributed by atoms with E-state index in [1.54, 1.807) is 35.9 Å². The van der Waals surface area contributed by atoms with Gasteiger partial charge in [-0.25, -0.2) is 9.97 Å². The summed E-state index contributed by atoms with van der Waals surface area (Å²) < 4.78 is 0. The third-order valence-electron chi connectivity index (χ3n) is 7.23. The van der Waals surface area contributed by atoms with E-state index in [0.717, 1.165) is 41.2 Å². The Balaban J connectivity index is 1.27. The molecule has 190 valence electrons. The molecule has 0 spiro atoms. The average molecular weight is 545 g/mol. The van der Waals surface area contributed by atoms with Gasteiger partial charge in [-0.1, -0.05) is 55.5 Å². The highest BCUT2D eigenvalue weighted by molar-refractivity contribution is 7.19. The minimum Gasteiger partial charge on any atom is -0.340 e. The Bertz CT molecular complexity index is 1270. The lowest BCUT2D eigenvalue weighted by Gasteiger charge is -2.32. The van der Waals surface area contributed by atoms with Crippen LogP contribution in [0.25, 0.3) is 10.2 Å². The Hall–Kier alpha value is -2.19. The number of carbonyl (C=O) groups excluding carboxylic acids is 1. The van der Waals surface area contributed by atoms with E-state index in [-0.39, 0.29) is 5.91 Å². The van der Waals surface area contributed by atoms with E-state index in [9.17, 15) is 4.79 Å². The Morgan fingerprint density at radius 3 is 2.83 bits per heavy atom. The molecule has 1 saturated carbocycles. The molecule has 1 aromatic carbocycles. The van der Waals surface area contributed by atoms with Crippen molar-refractivity contribution in [1.82, 2.24) is 19.8 Å². The summed E-state index contributed by atoms with van der Waals surface area (Å²) in [5.74, 6) is 0.830. The maximum Gasteiger partial charge on any atom is 0.246 e. The number of nitrogens with zero attached hydrogens (tertiary/aromatic N) is 4. The van der Waals surface area contributed by atoms with Crippen molar-refractivity contribution in [3.8, 4) is 0 Å². The van der Waals surface area contributed by atoms with Gasteiger partial charge in [0.2, 0.25) is 5.91 Å². The molecule has 6 nitrogen and oxygen atoms in total. The number of rotatable bonds is 7. The molecule has 0 unspecified atom stereocenters. The summed E-state index contributed by atoms with van der Waals surface area (Å²) in [4.78, 5) is 28.6. The number of fused-ring (bicyclic) bond motifs is 3. The second kappa shape index (κ2) is 11.5. The van der Waals surface area contributed by atoms with E-state index < -0.39 is 0 Å². The first-order valence-electron chi connectivity index (χ1n) is 12.7. The number of likely N-dealkylation sites (N-methyl/N-ethyl adjacent to an activating group) is 1. The molecular formula is C27H31Cl2N5OS. The van der Waals surface area contributed by atoms with Gasteiger partial charge in [0.25, 0.3) is 0 Å². The largest absolute Gasteiger partial charge is 0.340 e. The molecule has 5 rings (SSSR count). The Kier molecular flexibility index (Phi) is 8.11.